The maximum absolute atomic E-state index is 5.71. The molecule has 2 rings (SSSR count). The summed E-state index contributed by atoms with van der Waals surface area (Å²) < 4.78 is 0. The van der Waals surface area contributed by atoms with E-state index in [-0.39, 0.29) is 0 Å². The van der Waals surface area contributed by atoms with Gasteiger partial charge in [-0.15, -0.1) is 0 Å². The summed E-state index contributed by atoms with van der Waals surface area (Å²) in [5.74, 6) is 0.865. The van der Waals surface area contributed by atoms with Gasteiger partial charge in [-0.05, 0) is 42.9 Å². The Hall–Kier alpha value is -1.02. The number of rotatable bonds is 6. The molecule has 2 unspecified atom stereocenters. The first-order valence-corrected chi connectivity index (χ1v) is 8.35. The SMILES string of the molecule is CCCN(c1ccc(CN)cc1)C1CCCCC1CC. The second-order valence-corrected chi connectivity index (χ2v) is 6.08. The van der Waals surface area contributed by atoms with E-state index in [1.54, 1.807) is 0 Å². The van der Waals surface area contributed by atoms with Crippen molar-refractivity contribution in [1.82, 2.24) is 0 Å². The molecule has 0 amide bonds. The zero-order chi connectivity index (χ0) is 14.4. The molecule has 2 heteroatoms. The van der Waals surface area contributed by atoms with E-state index >= 15 is 0 Å². The van der Waals surface area contributed by atoms with Crippen LogP contribution in [0.3, 0.4) is 0 Å². The second kappa shape index (κ2) is 7.68. The monoisotopic (exact) mass is 274 g/mol. The summed E-state index contributed by atoms with van der Waals surface area (Å²) in [4.78, 5) is 2.66. The molecule has 0 aliphatic heterocycles. The lowest BCUT2D eigenvalue weighted by atomic mass is 9.81. The normalized spacial score (nSPS) is 22.8. The maximum atomic E-state index is 5.71. The van der Waals surface area contributed by atoms with E-state index in [1.807, 2.05) is 0 Å². The standard InChI is InChI=1S/C18H30N2/c1-3-13-20(17-11-9-15(14-19)10-12-17)18-8-6-5-7-16(18)4-2/h9-12,16,18H,3-8,13-14,19H2,1-2H3. The lowest BCUT2D eigenvalue weighted by molar-refractivity contribution is 0.285. The van der Waals surface area contributed by atoms with Gasteiger partial charge in [-0.3, -0.25) is 0 Å². The predicted molar refractivity (Wildman–Crippen MR) is 88.0 cm³/mol. The predicted octanol–water partition coefficient (Wildman–Crippen LogP) is 4.33. The highest BCUT2D eigenvalue weighted by Gasteiger charge is 2.28. The Morgan fingerprint density at radius 2 is 1.80 bits per heavy atom. The number of nitrogens with two attached hydrogens (primary N) is 1. The Morgan fingerprint density at radius 3 is 2.40 bits per heavy atom. The fraction of sp³-hybridized carbons (Fsp3) is 0.667. The van der Waals surface area contributed by atoms with E-state index in [1.165, 1.54) is 56.3 Å². The van der Waals surface area contributed by atoms with Gasteiger partial charge in [0.15, 0.2) is 0 Å². The molecule has 0 radical (unpaired) electrons. The summed E-state index contributed by atoms with van der Waals surface area (Å²) in [6.45, 7) is 6.44. The van der Waals surface area contributed by atoms with Gasteiger partial charge in [-0.2, -0.15) is 0 Å². The van der Waals surface area contributed by atoms with Crippen LogP contribution in [0.25, 0.3) is 0 Å². The number of anilines is 1. The van der Waals surface area contributed by atoms with Gasteiger partial charge in [0, 0.05) is 24.8 Å². The van der Waals surface area contributed by atoms with Crippen LogP contribution >= 0.6 is 0 Å². The molecule has 1 aromatic carbocycles. The number of hydrogen-bond acceptors (Lipinski definition) is 2. The van der Waals surface area contributed by atoms with Crippen LogP contribution in [0.15, 0.2) is 24.3 Å². The first-order valence-electron chi connectivity index (χ1n) is 8.35. The molecular formula is C18H30N2. The molecule has 1 aliphatic carbocycles. The molecular weight excluding hydrogens is 244 g/mol. The van der Waals surface area contributed by atoms with Gasteiger partial charge in [0.1, 0.15) is 0 Å². The fourth-order valence-electron chi connectivity index (χ4n) is 3.63. The van der Waals surface area contributed by atoms with Crippen molar-refractivity contribution in [2.45, 2.75) is 65.0 Å². The van der Waals surface area contributed by atoms with Crippen molar-refractivity contribution in [2.24, 2.45) is 11.7 Å². The maximum Gasteiger partial charge on any atom is 0.0368 e. The third-order valence-corrected chi connectivity index (χ3v) is 4.76. The van der Waals surface area contributed by atoms with Crippen LogP contribution in [0, 0.1) is 5.92 Å². The Kier molecular flexibility index (Phi) is 5.90. The average molecular weight is 274 g/mol. The number of benzene rings is 1. The molecule has 2 atom stereocenters. The molecule has 1 fully saturated rings. The molecule has 112 valence electrons. The Labute approximate surface area is 124 Å². The van der Waals surface area contributed by atoms with Gasteiger partial charge in [0.2, 0.25) is 0 Å². The van der Waals surface area contributed by atoms with E-state index < -0.39 is 0 Å². The highest BCUT2D eigenvalue weighted by molar-refractivity contribution is 5.49. The van der Waals surface area contributed by atoms with Crippen LogP contribution in [0.4, 0.5) is 5.69 Å². The summed E-state index contributed by atoms with van der Waals surface area (Å²) in [6.07, 6.45) is 8.10. The second-order valence-electron chi connectivity index (χ2n) is 6.08. The Morgan fingerprint density at radius 1 is 1.10 bits per heavy atom. The summed E-state index contributed by atoms with van der Waals surface area (Å²) in [5, 5.41) is 0. The van der Waals surface area contributed by atoms with Crippen molar-refractivity contribution in [3.05, 3.63) is 29.8 Å². The summed E-state index contributed by atoms with van der Waals surface area (Å²) in [6, 6.07) is 9.62. The van der Waals surface area contributed by atoms with Crippen LogP contribution in [-0.2, 0) is 6.54 Å². The van der Waals surface area contributed by atoms with Crippen LogP contribution < -0.4 is 10.6 Å². The zero-order valence-corrected chi connectivity index (χ0v) is 13.1. The summed E-state index contributed by atoms with van der Waals surface area (Å²) >= 11 is 0. The van der Waals surface area contributed by atoms with Crippen molar-refractivity contribution in [3.8, 4) is 0 Å². The highest BCUT2D eigenvalue weighted by Crippen LogP contribution is 2.33. The Bertz CT molecular complexity index is 385. The molecule has 2 nitrogen and oxygen atoms in total. The molecule has 0 bridgehead atoms. The largest absolute Gasteiger partial charge is 0.368 e. The molecule has 1 saturated carbocycles. The molecule has 1 aliphatic rings. The molecule has 0 heterocycles. The minimum Gasteiger partial charge on any atom is -0.368 e. The average Bonchev–Trinajstić information content (AvgIpc) is 2.53. The first-order chi connectivity index (χ1) is 9.80. The molecule has 0 saturated heterocycles. The molecule has 0 aromatic heterocycles. The van der Waals surface area contributed by atoms with Crippen molar-refractivity contribution >= 4 is 5.69 Å². The van der Waals surface area contributed by atoms with Crippen LogP contribution in [0.1, 0.15) is 57.9 Å². The smallest absolute Gasteiger partial charge is 0.0368 e. The topological polar surface area (TPSA) is 29.3 Å². The van der Waals surface area contributed by atoms with Gasteiger partial charge < -0.3 is 10.6 Å². The van der Waals surface area contributed by atoms with Crippen LogP contribution in [0.5, 0.6) is 0 Å². The van der Waals surface area contributed by atoms with Gasteiger partial charge >= 0.3 is 0 Å². The first kappa shape index (κ1) is 15.4. The third-order valence-electron chi connectivity index (χ3n) is 4.76. The summed E-state index contributed by atoms with van der Waals surface area (Å²) in [7, 11) is 0. The van der Waals surface area contributed by atoms with Crippen molar-refractivity contribution < 1.29 is 0 Å². The van der Waals surface area contributed by atoms with E-state index in [0.717, 1.165) is 12.0 Å². The Balaban J connectivity index is 2.19. The van der Waals surface area contributed by atoms with Gasteiger partial charge in [0.25, 0.3) is 0 Å². The fourth-order valence-corrected chi connectivity index (χ4v) is 3.63. The van der Waals surface area contributed by atoms with E-state index in [0.29, 0.717) is 6.54 Å². The van der Waals surface area contributed by atoms with Gasteiger partial charge in [-0.1, -0.05) is 45.2 Å². The molecule has 2 N–H and O–H groups in total. The lowest BCUT2D eigenvalue weighted by Crippen LogP contribution is -2.43. The quantitative estimate of drug-likeness (QED) is 0.836. The van der Waals surface area contributed by atoms with E-state index in [4.69, 9.17) is 5.73 Å². The van der Waals surface area contributed by atoms with E-state index in [2.05, 4.69) is 43.0 Å². The number of nitrogens with zero attached hydrogens (tertiary/aromatic N) is 1. The minimum atomic E-state index is 0.634. The van der Waals surface area contributed by atoms with Gasteiger partial charge in [-0.25, -0.2) is 0 Å². The molecule has 20 heavy (non-hydrogen) atoms. The minimum absolute atomic E-state index is 0.634. The van der Waals surface area contributed by atoms with Gasteiger partial charge in [0.05, 0.1) is 0 Å². The third kappa shape index (κ3) is 3.54. The van der Waals surface area contributed by atoms with Crippen LogP contribution in [-0.4, -0.2) is 12.6 Å². The van der Waals surface area contributed by atoms with Crippen molar-refractivity contribution in [1.29, 1.82) is 0 Å². The zero-order valence-electron chi connectivity index (χ0n) is 13.1. The molecule has 0 spiro atoms. The van der Waals surface area contributed by atoms with E-state index in [9.17, 15) is 0 Å². The highest BCUT2D eigenvalue weighted by atomic mass is 15.2. The number of hydrogen-bond donors (Lipinski definition) is 1. The lowest BCUT2D eigenvalue weighted by Gasteiger charge is -2.41. The van der Waals surface area contributed by atoms with Crippen molar-refractivity contribution in [2.75, 3.05) is 11.4 Å². The van der Waals surface area contributed by atoms with Crippen LogP contribution in [0.2, 0.25) is 0 Å². The molecule has 1 aromatic rings. The summed E-state index contributed by atoms with van der Waals surface area (Å²) in [5.41, 5.74) is 8.31. The van der Waals surface area contributed by atoms with Crippen molar-refractivity contribution in [3.63, 3.8) is 0 Å².